The minimum atomic E-state index is -0.777. The molecule has 1 fully saturated rings. The molecule has 6 heteroatoms. The molecule has 0 radical (unpaired) electrons. The second-order valence-electron chi connectivity index (χ2n) is 6.37. The summed E-state index contributed by atoms with van der Waals surface area (Å²) in [4.78, 5) is 22.8. The van der Waals surface area contributed by atoms with Crippen molar-refractivity contribution in [2.24, 2.45) is 11.8 Å². The summed E-state index contributed by atoms with van der Waals surface area (Å²) in [6.07, 6.45) is 2.49. The van der Waals surface area contributed by atoms with E-state index < -0.39 is 11.0 Å². The van der Waals surface area contributed by atoms with Crippen molar-refractivity contribution >= 4 is 11.6 Å². The molecule has 1 saturated carbocycles. The fourth-order valence-corrected chi connectivity index (χ4v) is 3.04. The number of nitro groups is 1. The first-order valence-corrected chi connectivity index (χ1v) is 8.10. The SMILES string of the molecule is C[C@@H]1[C@H](C)CCC[C@H]1NC(=O)[C@@H](C)Oc1ccccc1[N+](=O)[O-]. The van der Waals surface area contributed by atoms with Crippen LogP contribution in [0.5, 0.6) is 5.75 Å². The molecule has 6 nitrogen and oxygen atoms in total. The Labute approximate surface area is 136 Å². The van der Waals surface area contributed by atoms with Crippen LogP contribution in [0.1, 0.15) is 40.0 Å². The summed E-state index contributed by atoms with van der Waals surface area (Å²) in [5, 5.41) is 14.0. The topological polar surface area (TPSA) is 81.5 Å². The van der Waals surface area contributed by atoms with Gasteiger partial charge in [-0.1, -0.05) is 38.8 Å². The van der Waals surface area contributed by atoms with Gasteiger partial charge < -0.3 is 10.1 Å². The van der Waals surface area contributed by atoms with Gasteiger partial charge in [0, 0.05) is 12.1 Å². The lowest BCUT2D eigenvalue weighted by Gasteiger charge is -2.35. The van der Waals surface area contributed by atoms with Gasteiger partial charge in [0.1, 0.15) is 0 Å². The third-order valence-corrected chi connectivity index (χ3v) is 4.77. The molecule has 1 N–H and O–H groups in total. The number of amides is 1. The monoisotopic (exact) mass is 320 g/mol. The van der Waals surface area contributed by atoms with Gasteiger partial charge in [-0.15, -0.1) is 0 Å². The van der Waals surface area contributed by atoms with Crippen LogP contribution in [0.4, 0.5) is 5.69 Å². The molecule has 1 amide bonds. The van der Waals surface area contributed by atoms with Crippen molar-refractivity contribution in [2.45, 2.75) is 52.2 Å². The van der Waals surface area contributed by atoms with Gasteiger partial charge in [0.25, 0.3) is 5.91 Å². The maximum atomic E-state index is 12.3. The molecular weight excluding hydrogens is 296 g/mol. The van der Waals surface area contributed by atoms with Crippen LogP contribution in [0.25, 0.3) is 0 Å². The highest BCUT2D eigenvalue weighted by Crippen LogP contribution is 2.30. The predicted octanol–water partition coefficient (Wildman–Crippen LogP) is 3.30. The lowest BCUT2D eigenvalue weighted by molar-refractivity contribution is -0.386. The molecule has 4 atom stereocenters. The van der Waals surface area contributed by atoms with Crippen LogP contribution in [0.3, 0.4) is 0 Å². The molecule has 0 unspecified atom stereocenters. The van der Waals surface area contributed by atoms with Gasteiger partial charge in [0.05, 0.1) is 4.92 Å². The Kier molecular flexibility index (Phi) is 5.58. The van der Waals surface area contributed by atoms with E-state index in [4.69, 9.17) is 4.74 Å². The Hall–Kier alpha value is -2.11. The molecule has 126 valence electrons. The summed E-state index contributed by atoms with van der Waals surface area (Å²) in [7, 11) is 0. The quantitative estimate of drug-likeness (QED) is 0.666. The fourth-order valence-electron chi connectivity index (χ4n) is 3.04. The summed E-state index contributed by atoms with van der Waals surface area (Å²) in [6, 6.07) is 6.24. The van der Waals surface area contributed by atoms with Gasteiger partial charge in [-0.2, -0.15) is 0 Å². The molecule has 0 bridgehead atoms. The zero-order valence-electron chi connectivity index (χ0n) is 13.8. The number of hydrogen-bond acceptors (Lipinski definition) is 4. The minimum absolute atomic E-state index is 0.116. The molecule has 0 saturated heterocycles. The number of benzene rings is 1. The van der Waals surface area contributed by atoms with Gasteiger partial charge in [0.2, 0.25) is 0 Å². The molecule has 0 aromatic heterocycles. The van der Waals surface area contributed by atoms with Crippen LogP contribution >= 0.6 is 0 Å². The van der Waals surface area contributed by atoms with E-state index in [2.05, 4.69) is 19.2 Å². The first kappa shape index (κ1) is 17.2. The Bertz CT molecular complexity index is 575. The van der Waals surface area contributed by atoms with Crippen LogP contribution < -0.4 is 10.1 Å². The molecule has 0 heterocycles. The molecule has 23 heavy (non-hydrogen) atoms. The second kappa shape index (κ2) is 7.44. The molecule has 1 aliphatic rings. The van der Waals surface area contributed by atoms with E-state index in [-0.39, 0.29) is 23.4 Å². The third kappa shape index (κ3) is 4.21. The van der Waals surface area contributed by atoms with Crippen molar-refractivity contribution in [3.05, 3.63) is 34.4 Å². The Morgan fingerprint density at radius 1 is 1.35 bits per heavy atom. The molecule has 1 aromatic rings. The van der Waals surface area contributed by atoms with Gasteiger partial charge in [-0.25, -0.2) is 0 Å². The standard InChI is InChI=1S/C17H24N2O4/c1-11-7-6-8-14(12(11)2)18-17(20)13(3)23-16-10-5-4-9-15(16)19(21)22/h4-5,9-14H,6-8H2,1-3H3,(H,18,20)/t11-,12-,13-,14-/m1/s1. The van der Waals surface area contributed by atoms with E-state index in [1.807, 2.05) is 0 Å². The number of carbonyl (C=O) groups excluding carboxylic acids is 1. The molecule has 2 rings (SSSR count). The van der Waals surface area contributed by atoms with Crippen molar-refractivity contribution in [1.29, 1.82) is 0 Å². The van der Waals surface area contributed by atoms with Gasteiger partial charge in [-0.05, 0) is 31.2 Å². The number of nitrogens with zero attached hydrogens (tertiary/aromatic N) is 1. The van der Waals surface area contributed by atoms with Crippen LogP contribution in [0, 0.1) is 22.0 Å². The van der Waals surface area contributed by atoms with Crippen molar-refractivity contribution in [3.8, 4) is 5.75 Å². The van der Waals surface area contributed by atoms with Gasteiger partial charge in [0.15, 0.2) is 11.9 Å². The largest absolute Gasteiger partial charge is 0.474 e. The van der Waals surface area contributed by atoms with Gasteiger partial charge in [-0.3, -0.25) is 14.9 Å². The summed E-state index contributed by atoms with van der Waals surface area (Å²) in [6.45, 7) is 5.97. The van der Waals surface area contributed by atoms with Crippen molar-refractivity contribution in [3.63, 3.8) is 0 Å². The van der Waals surface area contributed by atoms with Crippen molar-refractivity contribution in [1.82, 2.24) is 5.32 Å². The molecule has 1 aliphatic carbocycles. The molecule has 1 aromatic carbocycles. The van der Waals surface area contributed by atoms with Crippen molar-refractivity contribution < 1.29 is 14.5 Å². The summed E-state index contributed by atoms with van der Waals surface area (Å²) < 4.78 is 5.52. The van der Waals surface area contributed by atoms with E-state index >= 15 is 0 Å². The smallest absolute Gasteiger partial charge is 0.310 e. The second-order valence-corrected chi connectivity index (χ2v) is 6.37. The number of nitrogens with one attached hydrogen (secondary N) is 1. The summed E-state index contributed by atoms with van der Waals surface area (Å²) >= 11 is 0. The molecule has 0 spiro atoms. The van der Waals surface area contributed by atoms with Crippen LogP contribution in [0.2, 0.25) is 0 Å². The summed E-state index contributed by atoms with van der Waals surface area (Å²) in [5.41, 5.74) is -0.133. The van der Waals surface area contributed by atoms with Crippen LogP contribution in [-0.2, 0) is 4.79 Å². The average molecular weight is 320 g/mol. The minimum Gasteiger partial charge on any atom is -0.474 e. The van der Waals surface area contributed by atoms with Crippen LogP contribution in [0.15, 0.2) is 24.3 Å². The maximum Gasteiger partial charge on any atom is 0.310 e. The number of para-hydroxylation sites is 2. The number of hydrogen-bond donors (Lipinski definition) is 1. The molecule has 0 aliphatic heterocycles. The third-order valence-electron chi connectivity index (χ3n) is 4.77. The van der Waals surface area contributed by atoms with Gasteiger partial charge >= 0.3 is 5.69 Å². The Morgan fingerprint density at radius 2 is 2.04 bits per heavy atom. The fraction of sp³-hybridized carbons (Fsp3) is 0.588. The van der Waals surface area contributed by atoms with E-state index in [0.717, 1.165) is 12.8 Å². The first-order chi connectivity index (χ1) is 10.9. The zero-order chi connectivity index (χ0) is 17.0. The summed E-state index contributed by atoms with van der Waals surface area (Å²) in [5.74, 6) is 0.894. The van der Waals surface area contributed by atoms with E-state index in [1.54, 1.807) is 19.1 Å². The first-order valence-electron chi connectivity index (χ1n) is 8.10. The maximum absolute atomic E-state index is 12.3. The highest BCUT2D eigenvalue weighted by molar-refractivity contribution is 5.81. The average Bonchev–Trinajstić information content (AvgIpc) is 2.52. The van der Waals surface area contributed by atoms with E-state index in [0.29, 0.717) is 11.8 Å². The predicted molar refractivity (Wildman–Crippen MR) is 87.3 cm³/mol. The van der Waals surface area contributed by atoms with Crippen LogP contribution in [-0.4, -0.2) is 23.0 Å². The van der Waals surface area contributed by atoms with E-state index in [9.17, 15) is 14.9 Å². The Morgan fingerprint density at radius 3 is 2.74 bits per heavy atom. The number of rotatable bonds is 5. The number of carbonyl (C=O) groups is 1. The number of ether oxygens (including phenoxy) is 1. The Balaban J connectivity index is 1.99. The van der Waals surface area contributed by atoms with Crippen molar-refractivity contribution in [2.75, 3.05) is 0 Å². The lowest BCUT2D eigenvalue weighted by Crippen LogP contribution is -2.48. The van der Waals surface area contributed by atoms with E-state index in [1.165, 1.54) is 18.6 Å². The number of nitro benzene ring substituents is 1. The molecular formula is C17H24N2O4. The highest BCUT2D eigenvalue weighted by Gasteiger charge is 2.30. The highest BCUT2D eigenvalue weighted by atomic mass is 16.6. The zero-order valence-corrected chi connectivity index (χ0v) is 13.8. The normalized spacial score (nSPS) is 25.4. The lowest BCUT2D eigenvalue weighted by atomic mass is 9.78.